The minimum atomic E-state index is -1.21. The lowest BCUT2D eigenvalue weighted by atomic mass is 9.80. The van der Waals surface area contributed by atoms with E-state index in [1.54, 1.807) is 20.8 Å². The third-order valence-corrected chi connectivity index (χ3v) is 10.9. The molecule has 0 spiro atoms. The van der Waals surface area contributed by atoms with Crippen molar-refractivity contribution in [3.05, 3.63) is 35.4 Å². The average Bonchev–Trinajstić information content (AvgIpc) is 3.32. The summed E-state index contributed by atoms with van der Waals surface area (Å²) in [4.78, 5) is 80.0. The molecule has 1 aromatic rings. The molecule has 0 radical (unpaired) electrons. The largest absolute Gasteiger partial charge is 0.480 e. The maximum absolute atomic E-state index is 14.5. The van der Waals surface area contributed by atoms with Crippen LogP contribution in [0, 0.1) is 34.5 Å². The van der Waals surface area contributed by atoms with Gasteiger partial charge in [0.05, 0.1) is 6.04 Å². The lowest BCUT2D eigenvalue weighted by Crippen LogP contribution is -2.61. The number of hydrogen-bond donors (Lipinski definition) is 5. The minimum absolute atomic E-state index is 0.0386. The van der Waals surface area contributed by atoms with Gasteiger partial charge in [0, 0.05) is 6.54 Å². The number of carboxylic acid groups (broad SMARTS) is 1. The number of amides is 5. The van der Waals surface area contributed by atoms with Crippen LogP contribution in [-0.4, -0.2) is 76.2 Å². The van der Waals surface area contributed by atoms with Crippen molar-refractivity contribution in [1.82, 2.24) is 20.9 Å². The van der Waals surface area contributed by atoms with E-state index in [-0.39, 0.29) is 29.1 Å². The molecule has 1 aliphatic heterocycles. The number of nitrogens with one attached hydrogen (secondary N) is 3. The highest BCUT2D eigenvalue weighted by Gasteiger charge is 2.70. The highest BCUT2D eigenvalue weighted by atomic mass is 16.4. The normalized spacial score (nSPS) is 25.2. The Hall–Kier alpha value is -3.96. The van der Waals surface area contributed by atoms with Gasteiger partial charge in [0.25, 0.3) is 5.91 Å². The van der Waals surface area contributed by atoms with E-state index in [0.717, 1.165) is 30.4 Å². The molecule has 1 saturated heterocycles. The molecule has 1 heterocycles. The van der Waals surface area contributed by atoms with Crippen molar-refractivity contribution >= 4 is 35.5 Å². The van der Waals surface area contributed by atoms with E-state index in [0.29, 0.717) is 25.8 Å². The van der Waals surface area contributed by atoms with Crippen molar-refractivity contribution in [2.24, 2.45) is 40.2 Å². The SMILES string of the molecule is CC(C)(C)C(NC(=O)N[C@H](C(=O)N1C[C@H]2[C@@H]([C@H]1C(=O)NC(CC1CCC1)C(=O)C(N)=O)C2(C)C)C1Cc2ccccc2C1)C(=O)O. The van der Waals surface area contributed by atoms with Gasteiger partial charge < -0.3 is 31.7 Å². The summed E-state index contributed by atoms with van der Waals surface area (Å²) in [6.45, 7) is 9.48. The van der Waals surface area contributed by atoms with Gasteiger partial charge in [-0.3, -0.25) is 19.2 Å². The number of piperidine rings is 1. The van der Waals surface area contributed by atoms with E-state index in [2.05, 4.69) is 16.0 Å². The van der Waals surface area contributed by atoms with Gasteiger partial charge in [0.2, 0.25) is 17.6 Å². The van der Waals surface area contributed by atoms with Crippen molar-refractivity contribution in [2.45, 2.75) is 97.3 Å². The molecule has 12 heteroatoms. The first-order valence-electron chi connectivity index (χ1n) is 16.3. The van der Waals surface area contributed by atoms with Crippen LogP contribution in [0.25, 0.3) is 0 Å². The fourth-order valence-electron chi connectivity index (χ4n) is 7.89. The Balaban J connectivity index is 1.40. The number of carbonyl (C=O) groups is 6. The van der Waals surface area contributed by atoms with E-state index in [1.165, 1.54) is 4.90 Å². The van der Waals surface area contributed by atoms with Gasteiger partial charge in [-0.1, -0.05) is 78.1 Å². The Labute approximate surface area is 269 Å². The number of primary amides is 1. The van der Waals surface area contributed by atoms with Crippen molar-refractivity contribution in [2.75, 3.05) is 6.54 Å². The fourth-order valence-corrected chi connectivity index (χ4v) is 7.89. The summed E-state index contributed by atoms with van der Waals surface area (Å²) in [6, 6.07) is 2.80. The molecule has 2 unspecified atom stereocenters. The first-order chi connectivity index (χ1) is 21.5. The molecule has 2 saturated carbocycles. The van der Waals surface area contributed by atoms with E-state index >= 15 is 0 Å². The second-order valence-corrected chi connectivity index (χ2v) is 15.4. The first kappa shape index (κ1) is 33.4. The van der Waals surface area contributed by atoms with E-state index in [4.69, 9.17) is 5.73 Å². The number of ketones is 1. The monoisotopic (exact) mass is 637 g/mol. The van der Waals surface area contributed by atoms with Crippen LogP contribution in [0.1, 0.15) is 71.4 Å². The molecular formula is C34H47N5O7. The number of rotatable bonds is 11. The van der Waals surface area contributed by atoms with Gasteiger partial charge >= 0.3 is 12.0 Å². The van der Waals surface area contributed by atoms with Gasteiger partial charge in [-0.2, -0.15) is 0 Å². The molecule has 6 atom stereocenters. The molecule has 6 N–H and O–H groups in total. The van der Waals surface area contributed by atoms with Crippen molar-refractivity contribution < 1.29 is 33.9 Å². The van der Waals surface area contributed by atoms with Gasteiger partial charge in [-0.15, -0.1) is 0 Å². The number of likely N-dealkylation sites (tertiary alicyclic amines) is 1. The van der Waals surface area contributed by atoms with Crippen LogP contribution in [0.2, 0.25) is 0 Å². The van der Waals surface area contributed by atoms with Crippen LogP contribution in [0.15, 0.2) is 24.3 Å². The van der Waals surface area contributed by atoms with Crippen molar-refractivity contribution in [3.8, 4) is 0 Å². The Morgan fingerprint density at radius 2 is 1.61 bits per heavy atom. The zero-order valence-corrected chi connectivity index (χ0v) is 27.3. The number of urea groups is 1. The third kappa shape index (κ3) is 6.48. The van der Waals surface area contributed by atoms with Gasteiger partial charge in [0.1, 0.15) is 18.1 Å². The molecule has 250 valence electrons. The van der Waals surface area contributed by atoms with Crippen LogP contribution in [0.4, 0.5) is 4.79 Å². The smallest absolute Gasteiger partial charge is 0.326 e. The molecular weight excluding hydrogens is 590 g/mol. The van der Waals surface area contributed by atoms with Crippen LogP contribution >= 0.6 is 0 Å². The molecule has 3 aliphatic carbocycles. The third-order valence-electron chi connectivity index (χ3n) is 10.9. The molecule has 5 rings (SSSR count). The zero-order chi connectivity index (χ0) is 33.7. The fraction of sp³-hybridized carbons (Fsp3) is 0.647. The zero-order valence-electron chi connectivity index (χ0n) is 27.3. The number of hydrogen-bond acceptors (Lipinski definition) is 6. The van der Waals surface area contributed by atoms with E-state index in [1.807, 2.05) is 38.1 Å². The van der Waals surface area contributed by atoms with Gasteiger partial charge in [-0.05, 0) is 64.9 Å². The summed E-state index contributed by atoms with van der Waals surface area (Å²) < 4.78 is 0. The minimum Gasteiger partial charge on any atom is -0.480 e. The summed E-state index contributed by atoms with van der Waals surface area (Å²) >= 11 is 0. The van der Waals surface area contributed by atoms with Gasteiger partial charge in [0.15, 0.2) is 0 Å². The molecule has 0 aromatic heterocycles. The Bertz CT molecular complexity index is 1410. The topological polar surface area (TPSA) is 188 Å². The summed E-state index contributed by atoms with van der Waals surface area (Å²) in [5.41, 5.74) is 6.45. The predicted octanol–water partition coefficient (Wildman–Crippen LogP) is 1.78. The van der Waals surface area contributed by atoms with Crippen LogP contribution in [0.3, 0.4) is 0 Å². The Morgan fingerprint density at radius 3 is 2.11 bits per heavy atom. The van der Waals surface area contributed by atoms with Crippen LogP contribution in [0.5, 0.6) is 0 Å². The summed E-state index contributed by atoms with van der Waals surface area (Å²) in [7, 11) is 0. The molecule has 4 aliphatic rings. The highest BCUT2D eigenvalue weighted by Crippen LogP contribution is 2.65. The number of carbonyl (C=O) groups excluding carboxylic acids is 5. The second-order valence-electron chi connectivity index (χ2n) is 15.4. The standard InChI is InChI=1S/C34H47N5O7/c1-33(2,3)27(31(44)45)38-32(46)37-24(20-14-18-11-6-7-12-19(18)15-20)30(43)39-16-21-23(34(21,4)5)25(39)29(42)36-22(26(40)28(35)41)13-17-9-8-10-17/h6-7,11-12,17,20-25,27H,8-10,13-16H2,1-5H3,(H2,35,41)(H,36,42)(H,44,45)(H2,37,38,46)/t21-,22?,23-,24-,25-,27?/m0/s1. The number of nitrogens with zero attached hydrogens (tertiary/aromatic N) is 1. The lowest BCUT2D eigenvalue weighted by Gasteiger charge is -2.36. The molecule has 0 bridgehead atoms. The van der Waals surface area contributed by atoms with Gasteiger partial charge in [-0.25, -0.2) is 9.59 Å². The predicted molar refractivity (Wildman–Crippen MR) is 168 cm³/mol. The second kappa shape index (κ2) is 12.3. The molecule has 46 heavy (non-hydrogen) atoms. The number of nitrogens with two attached hydrogens (primary N) is 1. The Kier molecular flexibility index (Phi) is 8.96. The van der Waals surface area contributed by atoms with E-state index < -0.39 is 65.1 Å². The van der Waals surface area contributed by atoms with E-state index in [9.17, 15) is 33.9 Å². The number of fused-ring (bicyclic) bond motifs is 2. The number of Topliss-reactive ketones (excluding diaryl/α,β-unsaturated/α-hetero) is 1. The molecule has 3 fully saturated rings. The highest BCUT2D eigenvalue weighted by molar-refractivity contribution is 6.37. The summed E-state index contributed by atoms with van der Waals surface area (Å²) in [5, 5.41) is 17.9. The van der Waals surface area contributed by atoms with Crippen LogP contribution in [-0.2, 0) is 36.8 Å². The lowest BCUT2D eigenvalue weighted by molar-refractivity contribution is -0.144. The summed E-state index contributed by atoms with van der Waals surface area (Å²) in [6.07, 6.45) is 4.19. The maximum atomic E-state index is 14.5. The van der Waals surface area contributed by atoms with Crippen molar-refractivity contribution in [3.63, 3.8) is 0 Å². The average molecular weight is 638 g/mol. The quantitative estimate of drug-likeness (QED) is 0.229. The van der Waals surface area contributed by atoms with Crippen molar-refractivity contribution in [1.29, 1.82) is 0 Å². The molecule has 12 nitrogen and oxygen atoms in total. The first-order valence-corrected chi connectivity index (χ1v) is 16.3. The number of aliphatic carboxylic acids is 1. The molecule has 1 aromatic carbocycles. The number of benzene rings is 1. The number of carboxylic acids is 1. The Morgan fingerprint density at radius 1 is 1.00 bits per heavy atom. The van der Waals surface area contributed by atoms with Crippen LogP contribution < -0.4 is 21.7 Å². The maximum Gasteiger partial charge on any atom is 0.326 e. The molecule has 5 amide bonds. The summed E-state index contributed by atoms with van der Waals surface area (Å²) in [5.74, 6) is -4.36.